The first-order chi connectivity index (χ1) is 33.6. The lowest BCUT2D eigenvalue weighted by Gasteiger charge is -2.44. The van der Waals surface area contributed by atoms with Gasteiger partial charge in [0.05, 0.1) is 6.42 Å². The maximum atomic E-state index is 15.0. The summed E-state index contributed by atoms with van der Waals surface area (Å²) in [5.41, 5.74) is 12.4. The van der Waals surface area contributed by atoms with Crippen molar-refractivity contribution in [1.29, 1.82) is 0 Å². The number of hydrogen-bond donors (Lipinski definition) is 10. The second kappa shape index (κ2) is 26.4. The molecule has 3 heterocycles. The summed E-state index contributed by atoms with van der Waals surface area (Å²) in [7, 11) is 1.40. The minimum absolute atomic E-state index is 0.00312. The average molecular weight is 996 g/mol. The van der Waals surface area contributed by atoms with Crippen LogP contribution in [0.4, 0.5) is 0 Å². The number of hydrogen-bond acceptors (Lipinski definition) is 12. The van der Waals surface area contributed by atoms with Gasteiger partial charge in [-0.2, -0.15) is 0 Å². The Bertz CT molecular complexity index is 2260. The van der Waals surface area contributed by atoms with Crippen LogP contribution in [-0.4, -0.2) is 152 Å². The zero-order chi connectivity index (χ0) is 52.7. The quantitative estimate of drug-likeness (QED) is 0.0408. The summed E-state index contributed by atoms with van der Waals surface area (Å²) in [5.74, 6) is -10.1. The fourth-order valence-electron chi connectivity index (χ4n) is 8.71. The number of nitrogens with one attached hydrogen (secondary N) is 6. The number of fused-ring (bicyclic) bond motifs is 3. The number of aliphatic hydroxyl groups excluding tert-OH is 1. The maximum Gasteiger partial charge on any atom is 0.329 e. The number of benzene rings is 1. The van der Waals surface area contributed by atoms with E-state index in [4.69, 9.17) is 16.2 Å². The third-order valence-electron chi connectivity index (χ3n) is 13.0. The molecule has 2 aliphatic heterocycles. The standard InChI is InChI=1S/C48H73N11O12/c1-8-10-11-18-35(60)53-33(23-37(62)63)42(65)57-39-27(6)71-47(70)38(25(3)4)56-43(66)34(22-28-24-52-30-16-13-12-15-29(28)30)58(7)46(69)40(26(5)9-2)59-36(61)20-19-32(45(59)68)55-41(64)31(54-44(39)67)17-14-21-51-48(49)50/h12-13,15-16,24-27,31-34,36,38-40,52,61H,8-11,14,17-23H2,1-7H3,(H,53,60)(H,54,67)(H,55,64)(H,56,66)(H,57,65)(H,62,63)(H4,49,50,51)/t26?,27-,31+,32+,33+,34+,36-,38?,39+,40+/m1/s1. The van der Waals surface area contributed by atoms with Crippen molar-refractivity contribution in [3.05, 3.63) is 36.0 Å². The van der Waals surface area contributed by atoms with Crippen molar-refractivity contribution < 1.29 is 58.1 Å². The number of carboxylic acid groups (broad SMARTS) is 1. The summed E-state index contributed by atoms with van der Waals surface area (Å²) in [6, 6.07) is -3.16. The molecule has 71 heavy (non-hydrogen) atoms. The number of aromatic nitrogens is 1. The van der Waals surface area contributed by atoms with E-state index in [0.717, 1.165) is 22.2 Å². The molecule has 12 N–H and O–H groups in total. The van der Waals surface area contributed by atoms with E-state index in [9.17, 15) is 48.6 Å². The smallest absolute Gasteiger partial charge is 0.329 e. The van der Waals surface area contributed by atoms with Crippen molar-refractivity contribution in [2.75, 3.05) is 13.6 Å². The second-order valence-corrected chi connectivity index (χ2v) is 18.8. The topological polar surface area (TPSA) is 350 Å². The number of cyclic esters (lactones) is 1. The number of aliphatic hydroxyl groups is 1. The average Bonchev–Trinajstić information content (AvgIpc) is 3.73. The molecule has 2 saturated heterocycles. The van der Waals surface area contributed by atoms with Gasteiger partial charge in [-0.3, -0.25) is 43.3 Å². The molecule has 0 saturated carbocycles. The molecule has 2 unspecified atom stereocenters. The molecular weight excluding hydrogens is 923 g/mol. The molecule has 0 aliphatic carbocycles. The SMILES string of the molecule is CCCCCC(=O)N[C@@H](CC(=O)O)C(=O)N[C@@H]1C(=O)N[C@@H](CCCN=C(N)N)C(=O)N[C@H]2CC[C@@H](O)N(C2=O)[C@@H](C(C)CC)C(=O)N(C)[C@@H](Cc2c[nH]c3ccccc23)C(=O)NC(C(C)C)C(=O)O[C@@H]1C. The third-order valence-corrected chi connectivity index (χ3v) is 13.0. The molecule has 10 atom stereocenters. The molecule has 1 aromatic heterocycles. The van der Waals surface area contributed by atoms with Crippen molar-refractivity contribution in [2.24, 2.45) is 28.3 Å². The maximum absolute atomic E-state index is 15.0. The Kier molecular flexibility index (Phi) is 21.1. The van der Waals surface area contributed by atoms with Crippen molar-refractivity contribution in [3.8, 4) is 0 Å². The number of guanidine groups is 1. The number of amides is 7. The number of aliphatic imine (C=N–C) groups is 1. The van der Waals surface area contributed by atoms with Gasteiger partial charge < -0.3 is 67.8 Å². The number of esters is 1. The number of piperidine rings is 1. The van der Waals surface area contributed by atoms with Crippen LogP contribution in [0.2, 0.25) is 0 Å². The highest BCUT2D eigenvalue weighted by atomic mass is 16.5. The van der Waals surface area contributed by atoms with E-state index < -0.39 is 126 Å². The van der Waals surface area contributed by atoms with E-state index in [1.807, 2.05) is 31.2 Å². The fourth-order valence-corrected chi connectivity index (χ4v) is 8.71. The predicted molar refractivity (Wildman–Crippen MR) is 260 cm³/mol. The van der Waals surface area contributed by atoms with Crippen LogP contribution < -0.4 is 38.1 Å². The number of likely N-dealkylation sites (N-methyl/N-ethyl adjacent to an activating group) is 1. The zero-order valence-corrected chi connectivity index (χ0v) is 41.7. The molecule has 0 spiro atoms. The largest absolute Gasteiger partial charge is 0.481 e. The van der Waals surface area contributed by atoms with Crippen molar-refractivity contribution >= 4 is 70.2 Å². The summed E-state index contributed by atoms with van der Waals surface area (Å²) >= 11 is 0. The Balaban J connectivity index is 1.87. The Morgan fingerprint density at radius 3 is 2.28 bits per heavy atom. The molecule has 4 rings (SSSR count). The number of aliphatic carboxylic acids is 1. The van der Waals surface area contributed by atoms with Gasteiger partial charge in [-0.05, 0) is 62.5 Å². The summed E-state index contributed by atoms with van der Waals surface area (Å²) in [4.78, 5) is 136. The first-order valence-electron chi connectivity index (χ1n) is 24.4. The normalized spacial score (nSPS) is 24.9. The van der Waals surface area contributed by atoms with Gasteiger partial charge in [-0.25, -0.2) is 4.79 Å². The molecule has 7 amide bonds. The van der Waals surface area contributed by atoms with E-state index in [1.165, 1.54) is 18.9 Å². The molecule has 1 aromatic carbocycles. The minimum Gasteiger partial charge on any atom is -0.481 e. The van der Waals surface area contributed by atoms with Gasteiger partial charge in [0.25, 0.3) is 0 Å². The van der Waals surface area contributed by atoms with Gasteiger partial charge in [-0.1, -0.05) is 72.1 Å². The molecule has 2 aliphatic rings. The van der Waals surface area contributed by atoms with Crippen LogP contribution in [0.25, 0.3) is 10.9 Å². The van der Waals surface area contributed by atoms with Gasteiger partial charge >= 0.3 is 11.9 Å². The molecule has 2 aromatic rings. The summed E-state index contributed by atoms with van der Waals surface area (Å²) in [6.07, 6.45) is -0.271. The second-order valence-electron chi connectivity index (χ2n) is 18.8. The highest BCUT2D eigenvalue weighted by Crippen LogP contribution is 2.29. The van der Waals surface area contributed by atoms with Crippen LogP contribution in [0.1, 0.15) is 111 Å². The van der Waals surface area contributed by atoms with Crippen LogP contribution in [-0.2, 0) is 54.3 Å². The number of rotatable bonds is 18. The number of ether oxygens (including phenoxy) is 1. The first kappa shape index (κ1) is 56.8. The van der Waals surface area contributed by atoms with Gasteiger partial charge in [0.15, 0.2) is 5.96 Å². The molecule has 2 bridgehead atoms. The summed E-state index contributed by atoms with van der Waals surface area (Å²) < 4.78 is 5.87. The number of aromatic amines is 1. The Morgan fingerprint density at radius 2 is 1.63 bits per heavy atom. The Hall–Kier alpha value is -6.78. The molecule has 2 fully saturated rings. The predicted octanol–water partition coefficient (Wildman–Crippen LogP) is 0.0268. The Labute approximate surface area is 413 Å². The number of carboxylic acids is 1. The van der Waals surface area contributed by atoms with Crippen molar-refractivity contribution in [1.82, 2.24) is 41.4 Å². The fraction of sp³-hybridized carbons (Fsp3) is 0.625. The zero-order valence-electron chi connectivity index (χ0n) is 41.7. The molecule has 392 valence electrons. The van der Waals surface area contributed by atoms with Crippen molar-refractivity contribution in [3.63, 3.8) is 0 Å². The van der Waals surface area contributed by atoms with E-state index in [2.05, 4.69) is 36.6 Å². The lowest BCUT2D eigenvalue weighted by molar-refractivity contribution is -0.168. The lowest BCUT2D eigenvalue weighted by atomic mass is 9.91. The monoisotopic (exact) mass is 996 g/mol. The molecule has 23 heteroatoms. The number of carbonyl (C=O) groups is 9. The van der Waals surface area contributed by atoms with Gasteiger partial charge in [0.2, 0.25) is 41.4 Å². The summed E-state index contributed by atoms with van der Waals surface area (Å²) in [5, 5.41) is 34.8. The molecule has 23 nitrogen and oxygen atoms in total. The first-order valence-corrected chi connectivity index (χ1v) is 24.4. The summed E-state index contributed by atoms with van der Waals surface area (Å²) in [6.45, 7) is 9.94. The Morgan fingerprint density at radius 1 is 0.930 bits per heavy atom. The van der Waals surface area contributed by atoms with Gasteiger partial charge in [0, 0.05) is 43.5 Å². The number of nitrogens with zero attached hydrogens (tertiary/aromatic N) is 3. The van der Waals surface area contributed by atoms with Crippen LogP contribution >= 0.6 is 0 Å². The number of nitrogens with two attached hydrogens (primary N) is 2. The van der Waals surface area contributed by atoms with Crippen LogP contribution in [0.3, 0.4) is 0 Å². The molecular formula is C48H73N11O12. The third kappa shape index (κ3) is 15.4. The van der Waals surface area contributed by atoms with Crippen LogP contribution in [0.5, 0.6) is 0 Å². The van der Waals surface area contributed by atoms with Crippen LogP contribution in [0.15, 0.2) is 35.5 Å². The lowest BCUT2D eigenvalue weighted by Crippen LogP contribution is -2.66. The van der Waals surface area contributed by atoms with Crippen molar-refractivity contribution in [2.45, 2.75) is 167 Å². The highest BCUT2D eigenvalue weighted by molar-refractivity contribution is 5.99. The highest BCUT2D eigenvalue weighted by Gasteiger charge is 2.47. The van der Waals surface area contributed by atoms with E-state index >= 15 is 4.79 Å². The number of unbranched alkanes of at least 4 members (excludes halogenated alkanes) is 2. The van der Waals surface area contributed by atoms with E-state index in [1.54, 1.807) is 33.9 Å². The number of carbonyl (C=O) groups excluding carboxylic acids is 8. The minimum atomic E-state index is -1.87. The van der Waals surface area contributed by atoms with E-state index in [0.29, 0.717) is 24.8 Å². The van der Waals surface area contributed by atoms with Gasteiger partial charge in [-0.15, -0.1) is 0 Å². The van der Waals surface area contributed by atoms with Gasteiger partial charge in [0.1, 0.15) is 54.6 Å². The van der Waals surface area contributed by atoms with Crippen LogP contribution in [0, 0.1) is 11.8 Å². The number of para-hydroxylation sites is 1. The van der Waals surface area contributed by atoms with E-state index in [-0.39, 0.29) is 51.0 Å². The number of H-pyrrole nitrogens is 1. The molecule has 0 radical (unpaired) electrons.